The topological polar surface area (TPSA) is 79.3 Å². The van der Waals surface area contributed by atoms with Crippen LogP contribution in [0.4, 0.5) is 0 Å². The van der Waals surface area contributed by atoms with E-state index in [-0.39, 0.29) is 17.4 Å². The molecule has 1 N–H and O–H groups in total. The zero-order valence-electron chi connectivity index (χ0n) is 21.6. The van der Waals surface area contributed by atoms with Gasteiger partial charge in [0.25, 0.3) is 11.7 Å². The van der Waals surface area contributed by atoms with Crippen LogP contribution in [-0.2, 0) is 16.0 Å². The number of likely N-dealkylation sites (tertiary alicyclic amines) is 1. The molecule has 0 saturated carbocycles. The molecule has 0 unspecified atom stereocenters. The van der Waals surface area contributed by atoms with Gasteiger partial charge in [0.1, 0.15) is 23.4 Å². The van der Waals surface area contributed by atoms with Crippen LogP contribution in [0.3, 0.4) is 0 Å². The molecular formula is C29H36N2O5. The Hall–Kier alpha value is -3.32. The van der Waals surface area contributed by atoms with E-state index in [4.69, 9.17) is 9.47 Å². The van der Waals surface area contributed by atoms with Crippen LogP contribution in [0.2, 0.25) is 0 Å². The summed E-state index contributed by atoms with van der Waals surface area (Å²) in [4.78, 5) is 30.5. The molecule has 7 nitrogen and oxygen atoms in total. The van der Waals surface area contributed by atoms with Crippen LogP contribution in [0.1, 0.15) is 56.8 Å². The quantitative estimate of drug-likeness (QED) is 0.298. The molecular weight excluding hydrogens is 456 g/mol. The summed E-state index contributed by atoms with van der Waals surface area (Å²) >= 11 is 0. The number of ketones is 1. The maximum absolute atomic E-state index is 13.3. The fourth-order valence-electron chi connectivity index (χ4n) is 5.13. The fraction of sp³-hybridized carbons (Fsp3) is 0.448. The highest BCUT2D eigenvalue weighted by molar-refractivity contribution is 6.46. The van der Waals surface area contributed by atoms with Crippen molar-refractivity contribution in [3.8, 4) is 11.5 Å². The lowest BCUT2D eigenvalue weighted by atomic mass is 9.94. The predicted octanol–water partition coefficient (Wildman–Crippen LogP) is 4.56. The number of carbonyl (C=O) groups excluding carboxylic acids is 2. The van der Waals surface area contributed by atoms with Gasteiger partial charge >= 0.3 is 0 Å². The van der Waals surface area contributed by atoms with E-state index < -0.39 is 17.7 Å². The molecule has 1 amide bonds. The van der Waals surface area contributed by atoms with Gasteiger partial charge in [0.2, 0.25) is 0 Å². The van der Waals surface area contributed by atoms with E-state index in [9.17, 15) is 14.7 Å². The third kappa shape index (κ3) is 5.12. The van der Waals surface area contributed by atoms with Crippen molar-refractivity contribution in [2.45, 2.75) is 52.7 Å². The average Bonchev–Trinajstić information content (AvgIpc) is 3.37. The Morgan fingerprint density at radius 2 is 1.92 bits per heavy atom. The highest BCUT2D eigenvalue weighted by Gasteiger charge is 2.46. The molecule has 1 saturated heterocycles. The smallest absolute Gasteiger partial charge is 0.295 e. The molecule has 0 spiro atoms. The van der Waals surface area contributed by atoms with Gasteiger partial charge in [-0.25, -0.2) is 0 Å². The molecule has 192 valence electrons. The molecule has 36 heavy (non-hydrogen) atoms. The third-order valence-corrected chi connectivity index (χ3v) is 6.96. The van der Waals surface area contributed by atoms with Crippen LogP contribution < -0.4 is 9.47 Å². The number of rotatable bonds is 10. The van der Waals surface area contributed by atoms with Gasteiger partial charge < -0.3 is 24.4 Å². The lowest BCUT2D eigenvalue weighted by Crippen LogP contribution is -2.33. The molecule has 2 aliphatic heterocycles. The molecule has 0 aliphatic carbocycles. The van der Waals surface area contributed by atoms with Crippen LogP contribution >= 0.6 is 0 Å². The first kappa shape index (κ1) is 25.8. The van der Waals surface area contributed by atoms with Crippen molar-refractivity contribution in [1.29, 1.82) is 0 Å². The van der Waals surface area contributed by atoms with Crippen LogP contribution in [0.15, 0.2) is 48.0 Å². The summed E-state index contributed by atoms with van der Waals surface area (Å²) in [6, 6.07) is 12.2. The molecule has 2 aromatic rings. The van der Waals surface area contributed by atoms with Crippen LogP contribution in [0.25, 0.3) is 5.76 Å². The Bertz CT molecular complexity index is 1150. The lowest BCUT2D eigenvalue weighted by Gasteiger charge is -2.27. The highest BCUT2D eigenvalue weighted by atomic mass is 16.5. The second-order valence-corrected chi connectivity index (χ2v) is 9.33. The Morgan fingerprint density at radius 1 is 1.14 bits per heavy atom. The van der Waals surface area contributed by atoms with Crippen molar-refractivity contribution in [2.75, 3.05) is 32.8 Å². The number of Topliss-reactive ketones (excluding diaryl/α,β-unsaturated/α-hetero) is 1. The standard InChI is InChI=1S/C29H36N2O5/c1-5-30(6-2)14-9-15-31-26(20-10-8-11-23(18-20)35-7-3)25(28(33)29(31)34)27(32)21-12-13-24-22(17-21)16-19(4)36-24/h8,10-13,17-19,26,32H,5-7,9,14-16H2,1-4H3/b27-25+/t19-,26-/m0/s1. The number of ether oxygens (including phenoxy) is 2. The second kappa shape index (κ2) is 11.2. The number of hydrogen-bond donors (Lipinski definition) is 1. The summed E-state index contributed by atoms with van der Waals surface area (Å²) < 4.78 is 11.5. The van der Waals surface area contributed by atoms with Gasteiger partial charge in [-0.1, -0.05) is 26.0 Å². The van der Waals surface area contributed by atoms with E-state index in [1.807, 2.05) is 50.2 Å². The van der Waals surface area contributed by atoms with Crippen molar-refractivity contribution in [3.63, 3.8) is 0 Å². The maximum Gasteiger partial charge on any atom is 0.295 e. The zero-order chi connectivity index (χ0) is 25.8. The molecule has 0 bridgehead atoms. The van der Waals surface area contributed by atoms with E-state index in [0.717, 1.165) is 49.4 Å². The lowest BCUT2D eigenvalue weighted by molar-refractivity contribution is -0.140. The average molecular weight is 493 g/mol. The largest absolute Gasteiger partial charge is 0.507 e. The summed E-state index contributed by atoms with van der Waals surface area (Å²) in [6.07, 6.45) is 1.52. The number of aliphatic hydroxyl groups excluding tert-OH is 1. The fourth-order valence-corrected chi connectivity index (χ4v) is 5.13. The van der Waals surface area contributed by atoms with Gasteiger partial charge in [0.05, 0.1) is 18.2 Å². The number of fused-ring (bicyclic) bond motifs is 1. The van der Waals surface area contributed by atoms with Gasteiger partial charge in [-0.05, 0) is 81.4 Å². The monoisotopic (exact) mass is 492 g/mol. The number of carbonyl (C=O) groups is 2. The maximum atomic E-state index is 13.3. The van der Waals surface area contributed by atoms with E-state index in [1.54, 1.807) is 11.0 Å². The number of hydrogen-bond acceptors (Lipinski definition) is 6. The summed E-state index contributed by atoms with van der Waals surface area (Å²) in [5.74, 6) is 0.0475. The van der Waals surface area contributed by atoms with E-state index in [1.165, 1.54) is 0 Å². The highest BCUT2D eigenvalue weighted by Crippen LogP contribution is 2.41. The minimum atomic E-state index is -0.689. The zero-order valence-corrected chi connectivity index (χ0v) is 21.6. The first-order chi connectivity index (χ1) is 17.4. The molecule has 2 aliphatic rings. The first-order valence-electron chi connectivity index (χ1n) is 12.9. The van der Waals surface area contributed by atoms with E-state index in [2.05, 4.69) is 18.7 Å². The Kier molecular flexibility index (Phi) is 7.99. The van der Waals surface area contributed by atoms with Gasteiger partial charge in [-0.15, -0.1) is 0 Å². The summed E-state index contributed by atoms with van der Waals surface area (Å²) in [6.45, 7) is 11.7. The molecule has 1 fully saturated rings. The van der Waals surface area contributed by atoms with Crippen molar-refractivity contribution in [2.24, 2.45) is 0 Å². The Morgan fingerprint density at radius 3 is 2.64 bits per heavy atom. The Labute approximate surface area is 213 Å². The first-order valence-corrected chi connectivity index (χ1v) is 12.9. The second-order valence-electron chi connectivity index (χ2n) is 9.33. The molecule has 4 rings (SSSR count). The number of aliphatic hydroxyl groups is 1. The van der Waals surface area contributed by atoms with E-state index in [0.29, 0.717) is 24.5 Å². The number of amides is 1. The van der Waals surface area contributed by atoms with Crippen molar-refractivity contribution in [1.82, 2.24) is 9.80 Å². The summed E-state index contributed by atoms with van der Waals surface area (Å²) in [7, 11) is 0. The van der Waals surface area contributed by atoms with Gasteiger partial charge in [-0.3, -0.25) is 9.59 Å². The van der Waals surface area contributed by atoms with Crippen LogP contribution in [0.5, 0.6) is 11.5 Å². The molecule has 2 aromatic carbocycles. The predicted molar refractivity (Wildman–Crippen MR) is 139 cm³/mol. The summed E-state index contributed by atoms with van der Waals surface area (Å²) in [5, 5.41) is 11.4. The van der Waals surface area contributed by atoms with Crippen LogP contribution in [0, 0.1) is 0 Å². The minimum absolute atomic E-state index is 0.0649. The third-order valence-electron chi connectivity index (χ3n) is 6.96. The number of benzene rings is 2. The van der Waals surface area contributed by atoms with Gasteiger partial charge in [0, 0.05) is 18.5 Å². The summed E-state index contributed by atoms with van der Waals surface area (Å²) in [5.41, 5.74) is 2.35. The molecule has 0 aromatic heterocycles. The molecule has 2 heterocycles. The van der Waals surface area contributed by atoms with Crippen molar-refractivity contribution < 1.29 is 24.2 Å². The van der Waals surface area contributed by atoms with Crippen molar-refractivity contribution >= 4 is 17.4 Å². The molecule has 0 radical (unpaired) electrons. The van der Waals surface area contributed by atoms with Crippen molar-refractivity contribution in [3.05, 3.63) is 64.7 Å². The Balaban J connectivity index is 1.75. The minimum Gasteiger partial charge on any atom is -0.507 e. The van der Waals surface area contributed by atoms with Crippen LogP contribution in [-0.4, -0.2) is 65.5 Å². The molecule has 2 atom stereocenters. The van der Waals surface area contributed by atoms with E-state index >= 15 is 0 Å². The SMILES string of the molecule is CCOc1cccc([C@H]2/C(=C(\O)c3ccc4c(c3)C[C@H](C)O4)C(=O)C(=O)N2CCCN(CC)CC)c1. The number of nitrogens with zero attached hydrogens (tertiary/aromatic N) is 2. The normalized spacial score (nSPS) is 20.6. The molecule has 7 heteroatoms. The van der Waals surface area contributed by atoms with Gasteiger partial charge in [-0.2, -0.15) is 0 Å². The van der Waals surface area contributed by atoms with Gasteiger partial charge in [0.15, 0.2) is 0 Å².